The highest BCUT2D eigenvalue weighted by Crippen LogP contribution is 2.05. The van der Waals surface area contributed by atoms with Crippen LogP contribution in [0.2, 0.25) is 0 Å². The molecule has 0 aliphatic rings. The minimum Gasteiger partial charge on any atom is -0.356 e. The van der Waals surface area contributed by atoms with Crippen LogP contribution in [0.4, 0.5) is 0 Å². The molecule has 1 aromatic carbocycles. The fourth-order valence-corrected chi connectivity index (χ4v) is 1.16. The molecule has 1 amide bonds. The standard InChI is InChI=1S/C6H5Br.C6H13NO/c7-6-4-2-1-3-5-6;1-3-4-5-7-6(2)8/h1-5H;3-5H2,1-2H3,(H,7,8). The molecule has 0 saturated carbocycles. The molecule has 0 spiro atoms. The average molecular weight is 272 g/mol. The molecule has 1 aromatic rings. The van der Waals surface area contributed by atoms with Gasteiger partial charge in [-0.3, -0.25) is 4.79 Å². The Balaban J connectivity index is 0.000000262. The number of carbonyl (C=O) groups is 1. The first kappa shape index (κ1) is 14.2. The first-order valence-electron chi connectivity index (χ1n) is 5.11. The maximum absolute atomic E-state index is 10.2. The Morgan fingerprint density at radius 3 is 2.27 bits per heavy atom. The predicted octanol–water partition coefficient (Wildman–Crippen LogP) is 3.37. The van der Waals surface area contributed by atoms with Crippen LogP contribution in [0.1, 0.15) is 26.7 Å². The smallest absolute Gasteiger partial charge is 0.216 e. The summed E-state index contributed by atoms with van der Waals surface area (Å²) in [4.78, 5) is 10.2. The zero-order valence-electron chi connectivity index (χ0n) is 9.29. The highest BCUT2D eigenvalue weighted by atomic mass is 79.9. The Hall–Kier alpha value is -0.830. The quantitative estimate of drug-likeness (QED) is 0.840. The van der Waals surface area contributed by atoms with E-state index in [9.17, 15) is 4.79 Å². The molecule has 0 atom stereocenters. The van der Waals surface area contributed by atoms with Gasteiger partial charge in [0, 0.05) is 17.9 Å². The van der Waals surface area contributed by atoms with Crippen LogP contribution in [0.3, 0.4) is 0 Å². The summed E-state index contributed by atoms with van der Waals surface area (Å²) in [7, 11) is 0. The van der Waals surface area contributed by atoms with Gasteiger partial charge in [0.15, 0.2) is 0 Å². The van der Waals surface area contributed by atoms with Crippen molar-refractivity contribution < 1.29 is 4.79 Å². The van der Waals surface area contributed by atoms with Gasteiger partial charge in [0.2, 0.25) is 5.91 Å². The number of rotatable bonds is 3. The third-order valence-electron chi connectivity index (χ3n) is 1.64. The molecule has 0 heterocycles. The Morgan fingerprint density at radius 2 is 1.93 bits per heavy atom. The zero-order chi connectivity index (χ0) is 11.5. The first-order chi connectivity index (χ1) is 7.16. The van der Waals surface area contributed by atoms with Gasteiger partial charge >= 0.3 is 0 Å². The monoisotopic (exact) mass is 271 g/mol. The third-order valence-corrected chi connectivity index (χ3v) is 2.17. The number of unbranched alkanes of at least 4 members (excludes halogenated alkanes) is 1. The maximum atomic E-state index is 10.2. The summed E-state index contributed by atoms with van der Waals surface area (Å²) >= 11 is 3.31. The number of amides is 1. The summed E-state index contributed by atoms with van der Waals surface area (Å²) in [6.07, 6.45) is 2.22. The zero-order valence-corrected chi connectivity index (χ0v) is 10.9. The molecule has 2 nitrogen and oxygen atoms in total. The topological polar surface area (TPSA) is 29.1 Å². The van der Waals surface area contributed by atoms with E-state index in [1.807, 2.05) is 30.3 Å². The van der Waals surface area contributed by atoms with Gasteiger partial charge in [0.05, 0.1) is 0 Å². The molecule has 0 unspecified atom stereocenters. The molecule has 1 rings (SSSR count). The average Bonchev–Trinajstić information content (AvgIpc) is 2.20. The maximum Gasteiger partial charge on any atom is 0.216 e. The van der Waals surface area contributed by atoms with E-state index in [2.05, 4.69) is 28.2 Å². The molecule has 0 aromatic heterocycles. The molecule has 0 aliphatic carbocycles. The van der Waals surface area contributed by atoms with E-state index in [1.165, 1.54) is 6.92 Å². The van der Waals surface area contributed by atoms with Crippen LogP contribution < -0.4 is 5.32 Å². The largest absolute Gasteiger partial charge is 0.356 e. The van der Waals surface area contributed by atoms with E-state index < -0.39 is 0 Å². The van der Waals surface area contributed by atoms with E-state index >= 15 is 0 Å². The lowest BCUT2D eigenvalue weighted by Crippen LogP contribution is -2.20. The van der Waals surface area contributed by atoms with Crippen LogP contribution in [-0.2, 0) is 4.79 Å². The molecule has 1 N–H and O–H groups in total. The summed E-state index contributed by atoms with van der Waals surface area (Å²) in [5.74, 6) is 0.0680. The van der Waals surface area contributed by atoms with Gasteiger partial charge in [-0.05, 0) is 18.6 Å². The minimum atomic E-state index is 0.0680. The number of hydrogen-bond donors (Lipinski definition) is 1. The number of nitrogens with one attached hydrogen (secondary N) is 1. The van der Waals surface area contributed by atoms with Crippen LogP contribution in [0.25, 0.3) is 0 Å². The van der Waals surface area contributed by atoms with E-state index in [4.69, 9.17) is 0 Å². The Labute approximate surface area is 100 Å². The SMILES string of the molecule is Brc1ccccc1.CCCCNC(C)=O. The molecule has 0 fully saturated rings. The van der Waals surface area contributed by atoms with Crippen molar-refractivity contribution in [1.82, 2.24) is 5.32 Å². The predicted molar refractivity (Wildman–Crippen MR) is 67.7 cm³/mol. The summed E-state index contributed by atoms with van der Waals surface area (Å²) in [5, 5.41) is 2.71. The number of hydrogen-bond acceptors (Lipinski definition) is 1. The molecular weight excluding hydrogens is 254 g/mol. The fourth-order valence-electron chi connectivity index (χ4n) is 0.856. The van der Waals surface area contributed by atoms with Crippen LogP contribution in [0.5, 0.6) is 0 Å². The normalized spacial score (nSPS) is 8.73. The second-order valence-electron chi connectivity index (χ2n) is 3.13. The van der Waals surface area contributed by atoms with E-state index in [-0.39, 0.29) is 5.91 Å². The summed E-state index contributed by atoms with van der Waals surface area (Å²) in [5.41, 5.74) is 0. The van der Waals surface area contributed by atoms with E-state index in [0.29, 0.717) is 0 Å². The van der Waals surface area contributed by atoms with Crippen molar-refractivity contribution in [2.75, 3.05) is 6.54 Å². The highest BCUT2D eigenvalue weighted by molar-refractivity contribution is 9.10. The Morgan fingerprint density at radius 1 is 1.33 bits per heavy atom. The lowest BCUT2D eigenvalue weighted by Gasteiger charge is -1.96. The van der Waals surface area contributed by atoms with Crippen molar-refractivity contribution >= 4 is 21.8 Å². The van der Waals surface area contributed by atoms with Crippen LogP contribution >= 0.6 is 15.9 Å². The molecule has 0 saturated heterocycles. The second-order valence-corrected chi connectivity index (χ2v) is 4.05. The van der Waals surface area contributed by atoms with Gasteiger partial charge in [-0.15, -0.1) is 0 Å². The van der Waals surface area contributed by atoms with Crippen molar-refractivity contribution in [1.29, 1.82) is 0 Å². The van der Waals surface area contributed by atoms with Gasteiger partial charge in [0.25, 0.3) is 0 Å². The fraction of sp³-hybridized carbons (Fsp3) is 0.417. The van der Waals surface area contributed by atoms with Gasteiger partial charge in [-0.25, -0.2) is 0 Å². The molecule has 84 valence electrons. The van der Waals surface area contributed by atoms with Crippen molar-refractivity contribution in [3.8, 4) is 0 Å². The van der Waals surface area contributed by atoms with Crippen molar-refractivity contribution in [3.63, 3.8) is 0 Å². The number of benzene rings is 1. The number of halogens is 1. The minimum absolute atomic E-state index is 0.0680. The van der Waals surface area contributed by atoms with Crippen molar-refractivity contribution in [3.05, 3.63) is 34.8 Å². The van der Waals surface area contributed by atoms with E-state index in [0.717, 1.165) is 23.9 Å². The van der Waals surface area contributed by atoms with Gasteiger partial charge < -0.3 is 5.32 Å². The summed E-state index contributed by atoms with van der Waals surface area (Å²) < 4.78 is 1.13. The van der Waals surface area contributed by atoms with E-state index in [1.54, 1.807) is 0 Å². The molecule has 15 heavy (non-hydrogen) atoms. The lowest BCUT2D eigenvalue weighted by molar-refractivity contribution is -0.118. The first-order valence-corrected chi connectivity index (χ1v) is 5.91. The number of carbonyl (C=O) groups excluding carboxylic acids is 1. The van der Waals surface area contributed by atoms with Gasteiger partial charge in [-0.1, -0.05) is 47.5 Å². The molecule has 0 aliphatic heterocycles. The van der Waals surface area contributed by atoms with Gasteiger partial charge in [-0.2, -0.15) is 0 Å². The van der Waals surface area contributed by atoms with Crippen molar-refractivity contribution in [2.24, 2.45) is 0 Å². The summed E-state index contributed by atoms with van der Waals surface area (Å²) in [6.45, 7) is 4.46. The Bertz CT molecular complexity index is 262. The van der Waals surface area contributed by atoms with Crippen LogP contribution in [0.15, 0.2) is 34.8 Å². The molecular formula is C12H18BrNO. The lowest BCUT2D eigenvalue weighted by atomic mass is 10.3. The molecule has 0 bridgehead atoms. The second kappa shape index (κ2) is 9.71. The van der Waals surface area contributed by atoms with Crippen LogP contribution in [0, 0.1) is 0 Å². The molecule has 3 heteroatoms. The molecule has 0 radical (unpaired) electrons. The van der Waals surface area contributed by atoms with Crippen molar-refractivity contribution in [2.45, 2.75) is 26.7 Å². The summed E-state index contributed by atoms with van der Waals surface area (Å²) in [6, 6.07) is 9.97. The third kappa shape index (κ3) is 11.1. The Kier molecular flexibility index (Phi) is 9.18. The van der Waals surface area contributed by atoms with Gasteiger partial charge in [0.1, 0.15) is 0 Å². The van der Waals surface area contributed by atoms with Crippen LogP contribution in [-0.4, -0.2) is 12.5 Å². The highest BCUT2D eigenvalue weighted by Gasteiger charge is 1.85.